The third kappa shape index (κ3) is 2.02. The molecule has 0 aromatic rings. The van der Waals surface area contributed by atoms with E-state index < -0.39 is 5.91 Å². The minimum Gasteiger partial charge on any atom is -0.221 e. The molecule has 0 fully saturated rings. The van der Waals surface area contributed by atoms with E-state index in [9.17, 15) is 0 Å². The Morgan fingerprint density at radius 1 is 1.50 bits per heavy atom. The summed E-state index contributed by atoms with van der Waals surface area (Å²) in [5.41, 5.74) is 0.671. The second-order valence-electron chi connectivity index (χ2n) is 2.02. The van der Waals surface area contributed by atoms with Gasteiger partial charge in [0.25, 0.3) is 5.91 Å². The summed E-state index contributed by atoms with van der Waals surface area (Å²) < 4.78 is 7.54. The van der Waals surface area contributed by atoms with Crippen molar-refractivity contribution in [1.82, 2.24) is 0 Å². The van der Waals surface area contributed by atoms with Gasteiger partial charge in [-0.15, -0.1) is 0 Å². The van der Waals surface area contributed by atoms with Gasteiger partial charge in [0.15, 0.2) is 5.17 Å². The molecule has 0 radical (unpaired) electrons. The summed E-state index contributed by atoms with van der Waals surface area (Å²) in [7, 11) is 0. The van der Waals surface area contributed by atoms with Crippen LogP contribution in [-0.4, -0.2) is 5.17 Å². The molecule has 0 saturated heterocycles. The monoisotopic (exact) mass is 241 g/mol. The molecule has 0 amide bonds. The topological polar surface area (TPSA) is 48.5 Å². The van der Waals surface area contributed by atoms with E-state index in [4.69, 9.17) is 39.3 Å². The van der Waals surface area contributed by atoms with Crippen LogP contribution in [-0.2, 0) is 0 Å². The summed E-state index contributed by atoms with van der Waals surface area (Å²) in [6.45, 7) is 1.62. The van der Waals surface area contributed by atoms with Gasteiger partial charge < -0.3 is 0 Å². The zero-order valence-corrected chi connectivity index (χ0v) is 9.08. The number of hydrogen-bond acceptors (Lipinski definition) is 3. The Morgan fingerprint density at radius 3 is 2.50 bits per heavy atom. The van der Waals surface area contributed by atoms with Gasteiger partial charge in [-0.25, -0.2) is 9.51 Å². The first-order valence-electron chi connectivity index (χ1n) is 2.85. The molecule has 0 spiro atoms. The van der Waals surface area contributed by atoms with Crippen molar-refractivity contribution in [3.05, 3.63) is 11.3 Å². The van der Waals surface area contributed by atoms with Crippen molar-refractivity contribution in [3.63, 3.8) is 0 Å². The molecular weight excluding hydrogens is 239 g/mol. The molecular formula is C5H3Cl3N3P. The predicted molar refractivity (Wildman–Crippen MR) is 52.7 cm³/mol. The molecule has 1 aliphatic rings. The average Bonchev–Trinajstić information content (AvgIpc) is 1.82. The highest BCUT2D eigenvalue weighted by atomic mass is 35.9. The molecule has 0 aliphatic carbocycles. The van der Waals surface area contributed by atoms with Crippen molar-refractivity contribution in [2.24, 2.45) is 9.51 Å². The number of halogens is 3. The lowest BCUT2D eigenvalue weighted by Crippen LogP contribution is -1.96. The minimum atomic E-state index is -2.68. The van der Waals surface area contributed by atoms with Crippen molar-refractivity contribution in [3.8, 4) is 6.07 Å². The molecule has 7 heteroatoms. The zero-order chi connectivity index (χ0) is 9.35. The van der Waals surface area contributed by atoms with E-state index in [0.29, 0.717) is 5.70 Å². The molecule has 1 aliphatic heterocycles. The van der Waals surface area contributed by atoms with E-state index in [1.807, 2.05) is 6.07 Å². The first-order valence-corrected chi connectivity index (χ1v) is 6.73. The lowest BCUT2D eigenvalue weighted by atomic mass is 10.2. The summed E-state index contributed by atoms with van der Waals surface area (Å²) >= 11 is 17.0. The first kappa shape index (κ1) is 10.1. The summed E-state index contributed by atoms with van der Waals surface area (Å²) in [5, 5.41) is 8.64. The van der Waals surface area contributed by atoms with Crippen molar-refractivity contribution < 1.29 is 0 Å². The fourth-order valence-electron chi connectivity index (χ4n) is 0.685. The molecule has 0 saturated carbocycles. The fourth-order valence-corrected chi connectivity index (χ4v) is 3.37. The van der Waals surface area contributed by atoms with Crippen LogP contribution in [0, 0.1) is 11.3 Å². The number of hydrogen-bond donors (Lipinski definition) is 0. The molecule has 12 heavy (non-hydrogen) atoms. The lowest BCUT2D eigenvalue weighted by molar-refractivity contribution is 1.29. The quantitative estimate of drug-likeness (QED) is 0.595. The maximum absolute atomic E-state index is 8.60. The van der Waals surface area contributed by atoms with Crippen LogP contribution in [0.25, 0.3) is 0 Å². The third-order valence-electron chi connectivity index (χ3n) is 1.16. The van der Waals surface area contributed by atoms with E-state index in [1.165, 1.54) is 0 Å². The Kier molecular flexibility index (Phi) is 2.85. The van der Waals surface area contributed by atoms with Crippen LogP contribution in [0.4, 0.5) is 0 Å². The summed E-state index contributed by atoms with van der Waals surface area (Å²) in [6.07, 6.45) is 0. The number of nitrogens with zero attached hydrogens (tertiary/aromatic N) is 3. The molecule has 3 nitrogen and oxygen atoms in total. The van der Waals surface area contributed by atoms with Crippen molar-refractivity contribution >= 4 is 45.2 Å². The lowest BCUT2D eigenvalue weighted by Gasteiger charge is -2.10. The van der Waals surface area contributed by atoms with Gasteiger partial charge in [-0.1, -0.05) is 11.6 Å². The highest BCUT2D eigenvalue weighted by Gasteiger charge is 2.21. The number of allylic oxidation sites excluding steroid dienone is 2. The molecule has 64 valence electrons. The second kappa shape index (κ2) is 3.40. The molecule has 0 unspecified atom stereocenters. The predicted octanol–water partition coefficient (Wildman–Crippen LogP) is 3.86. The van der Waals surface area contributed by atoms with E-state index in [-0.39, 0.29) is 10.7 Å². The van der Waals surface area contributed by atoms with Gasteiger partial charge in [0.1, 0.15) is 11.6 Å². The zero-order valence-electron chi connectivity index (χ0n) is 5.92. The van der Waals surface area contributed by atoms with Crippen molar-refractivity contribution in [2.45, 2.75) is 6.92 Å². The Labute approximate surface area is 84.3 Å². The second-order valence-corrected chi connectivity index (χ2v) is 7.04. The van der Waals surface area contributed by atoms with Crippen LogP contribution in [0.3, 0.4) is 0 Å². The third-order valence-corrected chi connectivity index (χ3v) is 3.44. The van der Waals surface area contributed by atoms with Crippen LogP contribution >= 0.6 is 40.0 Å². The summed E-state index contributed by atoms with van der Waals surface area (Å²) in [5.74, 6) is -2.68. The van der Waals surface area contributed by atoms with Crippen LogP contribution in [0.1, 0.15) is 6.92 Å². The maximum atomic E-state index is 8.60. The molecule has 0 bridgehead atoms. The highest BCUT2D eigenvalue weighted by molar-refractivity contribution is 8.09. The summed E-state index contributed by atoms with van der Waals surface area (Å²) in [4.78, 5) is 0. The Bertz CT molecular complexity index is 370. The van der Waals surface area contributed by atoms with Crippen LogP contribution < -0.4 is 0 Å². The van der Waals surface area contributed by atoms with Gasteiger partial charge in [-0.3, -0.25) is 0 Å². The van der Waals surface area contributed by atoms with Crippen LogP contribution in [0.15, 0.2) is 20.8 Å². The van der Waals surface area contributed by atoms with Crippen molar-refractivity contribution in [1.29, 1.82) is 5.26 Å². The van der Waals surface area contributed by atoms with Gasteiger partial charge in [0.2, 0.25) is 0 Å². The number of nitriles is 1. The van der Waals surface area contributed by atoms with Gasteiger partial charge in [0, 0.05) is 0 Å². The molecule has 0 N–H and O–H groups in total. The average molecular weight is 242 g/mol. The normalized spacial score (nSPS) is 21.1. The Morgan fingerprint density at radius 2 is 2.08 bits per heavy atom. The highest BCUT2D eigenvalue weighted by Crippen LogP contribution is 2.64. The summed E-state index contributed by atoms with van der Waals surface area (Å²) in [6, 6.07) is 1.86. The maximum Gasteiger partial charge on any atom is 0.254 e. The standard InChI is InChI=1S/C5H3Cl3N3P/c1-3-4(2-9)5(6)11-12(7,8)10-3/h1H3. The SMILES string of the molecule is CC1=C(C#N)C(Cl)=NP(Cl)(Cl)=N1. The van der Waals surface area contributed by atoms with Gasteiger partial charge in [-0.2, -0.15) is 5.26 Å². The molecule has 0 aromatic heterocycles. The molecule has 1 rings (SSSR count). The molecule has 0 aromatic carbocycles. The van der Waals surface area contributed by atoms with Crippen molar-refractivity contribution in [2.75, 3.05) is 0 Å². The van der Waals surface area contributed by atoms with Gasteiger partial charge >= 0.3 is 0 Å². The van der Waals surface area contributed by atoms with E-state index >= 15 is 0 Å². The van der Waals surface area contributed by atoms with Gasteiger partial charge in [-0.05, 0) is 29.4 Å². The molecule has 1 heterocycles. The molecule has 0 atom stereocenters. The van der Waals surface area contributed by atoms with E-state index in [1.54, 1.807) is 6.92 Å². The largest absolute Gasteiger partial charge is 0.254 e. The Hall–Kier alpha value is -0.000000000000000111. The Balaban J connectivity index is 3.36. The smallest absolute Gasteiger partial charge is 0.221 e. The van der Waals surface area contributed by atoms with E-state index in [0.717, 1.165) is 0 Å². The number of rotatable bonds is 0. The van der Waals surface area contributed by atoms with Crippen LogP contribution in [0.5, 0.6) is 0 Å². The first-order chi connectivity index (χ1) is 5.46. The van der Waals surface area contributed by atoms with Gasteiger partial charge in [0.05, 0.1) is 5.70 Å². The fraction of sp³-hybridized carbons (Fsp3) is 0.200. The minimum absolute atomic E-state index is 0.0448. The van der Waals surface area contributed by atoms with E-state index in [2.05, 4.69) is 9.51 Å². The van der Waals surface area contributed by atoms with Crippen LogP contribution in [0.2, 0.25) is 0 Å².